The molecule has 168 valence electrons. The summed E-state index contributed by atoms with van der Waals surface area (Å²) in [4.78, 5) is 6.20. The van der Waals surface area contributed by atoms with Crippen LogP contribution in [-0.4, -0.2) is 4.57 Å². The minimum Gasteiger partial charge on any atom is -0.316 e. The molecule has 0 spiro atoms. The Bertz CT molecular complexity index is 1470. The topological polar surface area (TPSA) is 17.3 Å². The van der Waals surface area contributed by atoms with Crippen molar-refractivity contribution in [1.82, 2.24) is 4.57 Å². The van der Waals surface area contributed by atoms with Crippen LogP contribution in [0.2, 0.25) is 0 Å². The largest absolute Gasteiger partial charge is 0.316 e. The fourth-order valence-corrected chi connectivity index (χ4v) is 6.20. The molecule has 0 saturated heterocycles. The van der Waals surface area contributed by atoms with Gasteiger partial charge in [-0.05, 0) is 40.3 Å². The summed E-state index contributed by atoms with van der Waals surface area (Å²) in [5.41, 5.74) is 5.48. The molecule has 1 aromatic heterocycles. The van der Waals surface area contributed by atoms with E-state index in [0.717, 1.165) is 11.3 Å². The molecule has 0 bridgehead atoms. The summed E-state index contributed by atoms with van der Waals surface area (Å²) in [6, 6.07) is 37.1. The zero-order valence-corrected chi connectivity index (χ0v) is 20.0. The van der Waals surface area contributed by atoms with Crippen LogP contribution in [0, 0.1) is 0 Å². The molecule has 2 nitrogen and oxygen atoms in total. The number of fused-ring (bicyclic) bond motifs is 1. The van der Waals surface area contributed by atoms with Gasteiger partial charge in [-0.3, -0.25) is 4.99 Å². The summed E-state index contributed by atoms with van der Waals surface area (Å²) in [7, 11) is 0. The summed E-state index contributed by atoms with van der Waals surface area (Å²) >= 11 is 1.79. The highest BCUT2D eigenvalue weighted by Gasteiger charge is 2.43. The van der Waals surface area contributed by atoms with Crippen LogP contribution >= 0.6 is 11.3 Å². The summed E-state index contributed by atoms with van der Waals surface area (Å²) in [5, 5.41) is 5.01. The number of nitrogens with zero attached hydrogens (tertiary/aromatic N) is 2. The normalized spacial score (nSPS) is 15.4. The van der Waals surface area contributed by atoms with E-state index in [0.29, 0.717) is 6.54 Å². The molecule has 0 aliphatic heterocycles. The molecule has 0 atom stereocenters. The zero-order valence-electron chi connectivity index (χ0n) is 19.2. The lowest BCUT2D eigenvalue weighted by Crippen LogP contribution is -2.39. The van der Waals surface area contributed by atoms with Crippen LogP contribution in [0.15, 0.2) is 114 Å². The smallest absolute Gasteiger partial charge is 0.185 e. The average Bonchev–Trinajstić information content (AvgIpc) is 3.25. The van der Waals surface area contributed by atoms with Crippen LogP contribution < -0.4 is 4.80 Å². The molecule has 0 N–H and O–H groups in total. The van der Waals surface area contributed by atoms with Gasteiger partial charge in [0.1, 0.15) is 0 Å². The summed E-state index contributed by atoms with van der Waals surface area (Å²) in [5.74, 6) is 0. The summed E-state index contributed by atoms with van der Waals surface area (Å²) in [6.07, 6.45) is 3.65. The number of rotatable bonds is 6. The van der Waals surface area contributed by atoms with Crippen LogP contribution in [0.3, 0.4) is 0 Å². The Morgan fingerprint density at radius 2 is 1.41 bits per heavy atom. The average molecular weight is 461 g/mol. The van der Waals surface area contributed by atoms with Gasteiger partial charge in [-0.2, -0.15) is 0 Å². The molecule has 1 heterocycles. The van der Waals surface area contributed by atoms with E-state index in [1.165, 1.54) is 52.4 Å². The maximum atomic E-state index is 5.09. The van der Waals surface area contributed by atoms with Gasteiger partial charge in [-0.15, -0.1) is 11.3 Å². The van der Waals surface area contributed by atoms with E-state index in [1.807, 2.05) is 0 Å². The Hall–Kier alpha value is -3.43. The fraction of sp³-hybridized carbons (Fsp3) is 0.194. The molecule has 0 radical (unpaired) electrons. The third-order valence-electron chi connectivity index (χ3n) is 7.22. The van der Waals surface area contributed by atoms with E-state index in [9.17, 15) is 0 Å². The maximum Gasteiger partial charge on any atom is 0.185 e. The van der Waals surface area contributed by atoms with E-state index in [2.05, 4.69) is 113 Å². The highest BCUT2D eigenvalue weighted by molar-refractivity contribution is 7.07. The molecular weight excluding hydrogens is 432 g/mol. The Kier molecular flexibility index (Phi) is 5.64. The third-order valence-corrected chi connectivity index (χ3v) is 8.12. The Balaban J connectivity index is 1.47. The second kappa shape index (κ2) is 9.08. The summed E-state index contributed by atoms with van der Waals surface area (Å²) in [6.45, 7) is 1.56. The SMILES string of the molecule is c1ccc(CN=c2scc(C3(c4ccc5ccccc5c4)CCC3)n2Cc2ccccc2)cc1. The predicted octanol–water partition coefficient (Wildman–Crippen LogP) is 7.32. The van der Waals surface area contributed by atoms with E-state index in [-0.39, 0.29) is 5.41 Å². The minimum absolute atomic E-state index is 0.0653. The maximum absolute atomic E-state index is 5.09. The van der Waals surface area contributed by atoms with E-state index in [1.54, 1.807) is 11.3 Å². The molecule has 1 aliphatic rings. The lowest BCUT2D eigenvalue weighted by Gasteiger charge is -2.43. The first kappa shape index (κ1) is 21.1. The molecule has 6 rings (SSSR count). The fourth-order valence-electron chi connectivity index (χ4n) is 5.20. The first-order chi connectivity index (χ1) is 16.8. The van der Waals surface area contributed by atoms with Gasteiger partial charge >= 0.3 is 0 Å². The Morgan fingerprint density at radius 3 is 2.12 bits per heavy atom. The van der Waals surface area contributed by atoms with Gasteiger partial charge in [0.2, 0.25) is 0 Å². The molecule has 5 aromatic rings. The number of hydrogen-bond donors (Lipinski definition) is 0. The molecule has 0 unspecified atom stereocenters. The number of hydrogen-bond acceptors (Lipinski definition) is 2. The van der Waals surface area contributed by atoms with Gasteiger partial charge in [-0.1, -0.05) is 110 Å². The van der Waals surface area contributed by atoms with Gasteiger partial charge in [0.15, 0.2) is 4.80 Å². The van der Waals surface area contributed by atoms with Crippen LogP contribution in [0.25, 0.3) is 10.8 Å². The first-order valence-electron chi connectivity index (χ1n) is 12.1. The highest BCUT2D eigenvalue weighted by Crippen LogP contribution is 2.49. The van der Waals surface area contributed by atoms with E-state index in [4.69, 9.17) is 4.99 Å². The van der Waals surface area contributed by atoms with Crippen molar-refractivity contribution in [3.8, 4) is 0 Å². The number of thiazole rings is 1. The van der Waals surface area contributed by atoms with E-state index >= 15 is 0 Å². The Morgan fingerprint density at radius 1 is 0.735 bits per heavy atom. The second-order valence-corrected chi connectivity index (χ2v) is 10.1. The van der Waals surface area contributed by atoms with Crippen molar-refractivity contribution >= 4 is 22.1 Å². The minimum atomic E-state index is 0.0653. The van der Waals surface area contributed by atoms with Crippen molar-refractivity contribution in [3.05, 3.63) is 136 Å². The van der Waals surface area contributed by atoms with Crippen molar-refractivity contribution in [2.45, 2.75) is 37.8 Å². The van der Waals surface area contributed by atoms with Crippen LogP contribution in [0.1, 0.15) is 41.6 Å². The van der Waals surface area contributed by atoms with E-state index < -0.39 is 0 Å². The van der Waals surface area contributed by atoms with Gasteiger partial charge in [0.05, 0.1) is 13.1 Å². The highest BCUT2D eigenvalue weighted by atomic mass is 32.1. The number of aromatic nitrogens is 1. The second-order valence-electron chi connectivity index (χ2n) is 9.27. The van der Waals surface area contributed by atoms with Crippen LogP contribution in [0.4, 0.5) is 0 Å². The van der Waals surface area contributed by atoms with Gasteiger partial charge in [-0.25, -0.2) is 0 Å². The standard InChI is InChI=1S/C31H28N2S/c1-3-10-24(11-4-1)21-32-30-33(22-25-12-5-2-6-13-25)29(23-34-30)31(18-9-19-31)28-17-16-26-14-7-8-15-27(26)20-28/h1-8,10-17,20,23H,9,18-19,21-22H2. The quantitative estimate of drug-likeness (QED) is 0.253. The van der Waals surface area contributed by atoms with Crippen molar-refractivity contribution in [2.75, 3.05) is 0 Å². The van der Waals surface area contributed by atoms with Crippen molar-refractivity contribution < 1.29 is 0 Å². The molecule has 34 heavy (non-hydrogen) atoms. The summed E-state index contributed by atoms with van der Waals surface area (Å²) < 4.78 is 2.48. The molecule has 0 amide bonds. The monoisotopic (exact) mass is 460 g/mol. The van der Waals surface area contributed by atoms with Crippen LogP contribution in [-0.2, 0) is 18.5 Å². The van der Waals surface area contributed by atoms with Crippen molar-refractivity contribution in [3.63, 3.8) is 0 Å². The molecule has 4 aromatic carbocycles. The number of benzene rings is 4. The molecule has 1 aliphatic carbocycles. The lowest BCUT2D eigenvalue weighted by atomic mass is 9.62. The van der Waals surface area contributed by atoms with Gasteiger partial charge < -0.3 is 4.57 Å². The zero-order chi connectivity index (χ0) is 22.8. The van der Waals surface area contributed by atoms with Crippen LogP contribution in [0.5, 0.6) is 0 Å². The van der Waals surface area contributed by atoms with Gasteiger partial charge in [0.25, 0.3) is 0 Å². The predicted molar refractivity (Wildman–Crippen MR) is 142 cm³/mol. The third kappa shape index (κ3) is 3.91. The molecule has 3 heteroatoms. The van der Waals surface area contributed by atoms with Crippen molar-refractivity contribution in [2.24, 2.45) is 4.99 Å². The molecular formula is C31H28N2S. The first-order valence-corrected chi connectivity index (χ1v) is 13.0. The Labute approximate surface area is 204 Å². The van der Waals surface area contributed by atoms with Crippen molar-refractivity contribution in [1.29, 1.82) is 0 Å². The molecule has 1 fully saturated rings. The lowest BCUT2D eigenvalue weighted by molar-refractivity contribution is 0.284. The molecule has 1 saturated carbocycles. The van der Waals surface area contributed by atoms with Gasteiger partial charge in [0, 0.05) is 16.5 Å².